The van der Waals surface area contributed by atoms with Gasteiger partial charge in [0.1, 0.15) is 5.82 Å². The highest BCUT2D eigenvalue weighted by Gasteiger charge is 2.15. The maximum atomic E-state index is 4.74. The summed E-state index contributed by atoms with van der Waals surface area (Å²) in [5.41, 5.74) is 2.31. The van der Waals surface area contributed by atoms with Crippen LogP contribution in [0.1, 0.15) is 23.2 Å². The van der Waals surface area contributed by atoms with E-state index in [1.54, 1.807) is 11.3 Å². The average molecular weight is 402 g/mol. The van der Waals surface area contributed by atoms with Crippen LogP contribution in [0.5, 0.6) is 0 Å². The molecule has 2 aromatic rings. The lowest BCUT2D eigenvalue weighted by Gasteiger charge is -2.33. The van der Waals surface area contributed by atoms with Crippen molar-refractivity contribution in [3.8, 4) is 0 Å². The van der Waals surface area contributed by atoms with Crippen LogP contribution in [0, 0.1) is 6.92 Å². The van der Waals surface area contributed by atoms with Gasteiger partial charge in [-0.05, 0) is 38.6 Å². The number of hydrogen-bond acceptors (Lipinski definition) is 6. The number of anilines is 1. The molecule has 0 bridgehead atoms. The van der Waals surface area contributed by atoms with Crippen LogP contribution in [0.25, 0.3) is 0 Å². The van der Waals surface area contributed by atoms with Crippen LogP contribution >= 0.6 is 11.3 Å². The largest absolute Gasteiger partial charge is 0.357 e. The predicted molar refractivity (Wildman–Crippen MR) is 117 cm³/mol. The highest BCUT2D eigenvalue weighted by molar-refractivity contribution is 7.09. The molecule has 3 rings (SSSR count). The SMILES string of the molecule is CCNC(=NCc1ccnc(N2CCN(C)CC2)c1)NCCc1csc(C)n1. The van der Waals surface area contributed by atoms with Crippen LogP contribution in [-0.4, -0.2) is 67.1 Å². The minimum atomic E-state index is 0.633. The van der Waals surface area contributed by atoms with E-state index < -0.39 is 0 Å². The molecule has 152 valence electrons. The van der Waals surface area contributed by atoms with Crippen LogP contribution in [0.4, 0.5) is 5.82 Å². The summed E-state index contributed by atoms with van der Waals surface area (Å²) in [5.74, 6) is 1.89. The molecule has 1 aliphatic rings. The second kappa shape index (κ2) is 10.4. The number of likely N-dealkylation sites (N-methyl/N-ethyl adjacent to an activating group) is 1. The second-order valence-electron chi connectivity index (χ2n) is 7.04. The zero-order valence-electron chi connectivity index (χ0n) is 17.1. The number of nitrogens with one attached hydrogen (secondary N) is 2. The second-order valence-corrected chi connectivity index (χ2v) is 8.10. The van der Waals surface area contributed by atoms with E-state index in [0.29, 0.717) is 6.54 Å². The Balaban J connectivity index is 1.55. The van der Waals surface area contributed by atoms with Gasteiger partial charge < -0.3 is 20.4 Å². The molecule has 0 spiro atoms. The number of aromatic nitrogens is 2. The molecule has 1 saturated heterocycles. The topological polar surface area (TPSA) is 68.7 Å². The van der Waals surface area contributed by atoms with Crippen LogP contribution in [0.2, 0.25) is 0 Å². The molecule has 2 aromatic heterocycles. The van der Waals surface area contributed by atoms with Gasteiger partial charge >= 0.3 is 0 Å². The molecule has 0 atom stereocenters. The van der Waals surface area contributed by atoms with E-state index >= 15 is 0 Å². The molecule has 7 nitrogen and oxygen atoms in total. The monoisotopic (exact) mass is 401 g/mol. The van der Waals surface area contributed by atoms with Gasteiger partial charge in [-0.3, -0.25) is 0 Å². The summed E-state index contributed by atoms with van der Waals surface area (Å²) in [6, 6.07) is 4.21. The summed E-state index contributed by atoms with van der Waals surface area (Å²) >= 11 is 1.70. The van der Waals surface area contributed by atoms with Crippen molar-refractivity contribution in [2.75, 3.05) is 51.2 Å². The number of aliphatic imine (C=N–C) groups is 1. The quantitative estimate of drug-likeness (QED) is 0.546. The van der Waals surface area contributed by atoms with E-state index in [1.807, 2.05) is 19.2 Å². The van der Waals surface area contributed by atoms with Crippen molar-refractivity contribution in [3.63, 3.8) is 0 Å². The van der Waals surface area contributed by atoms with Crippen LogP contribution in [0.3, 0.4) is 0 Å². The lowest BCUT2D eigenvalue weighted by molar-refractivity contribution is 0.312. The molecule has 0 amide bonds. The first-order valence-electron chi connectivity index (χ1n) is 9.95. The van der Waals surface area contributed by atoms with Gasteiger partial charge in [-0.2, -0.15) is 0 Å². The van der Waals surface area contributed by atoms with Gasteiger partial charge in [-0.1, -0.05) is 0 Å². The minimum absolute atomic E-state index is 0.633. The van der Waals surface area contributed by atoms with Crippen molar-refractivity contribution < 1.29 is 0 Å². The fourth-order valence-electron chi connectivity index (χ4n) is 3.11. The van der Waals surface area contributed by atoms with E-state index in [-0.39, 0.29) is 0 Å². The summed E-state index contributed by atoms with van der Waals surface area (Å²) in [5, 5.41) is 9.96. The van der Waals surface area contributed by atoms with Gasteiger partial charge in [0.2, 0.25) is 0 Å². The molecule has 0 saturated carbocycles. The Kier molecular flexibility index (Phi) is 7.62. The maximum Gasteiger partial charge on any atom is 0.191 e. The molecule has 1 aliphatic heterocycles. The molecule has 8 heteroatoms. The van der Waals surface area contributed by atoms with E-state index in [4.69, 9.17) is 4.99 Å². The third-order valence-corrected chi connectivity index (χ3v) is 5.56. The lowest BCUT2D eigenvalue weighted by atomic mass is 10.2. The number of rotatable bonds is 7. The number of pyridine rings is 1. The standard InChI is InChI=1S/C20H31N7S/c1-4-21-20(23-8-6-18-15-28-16(2)25-18)24-14-17-5-7-22-19(13-17)27-11-9-26(3)10-12-27/h5,7,13,15H,4,6,8-12,14H2,1-3H3,(H2,21,23,24). The fraction of sp³-hybridized carbons (Fsp3) is 0.550. The molecule has 28 heavy (non-hydrogen) atoms. The Bertz CT molecular complexity index is 765. The minimum Gasteiger partial charge on any atom is -0.357 e. The van der Waals surface area contributed by atoms with Gasteiger partial charge in [0.15, 0.2) is 5.96 Å². The highest BCUT2D eigenvalue weighted by atomic mass is 32.1. The molecular weight excluding hydrogens is 370 g/mol. The molecule has 3 heterocycles. The average Bonchev–Trinajstić information content (AvgIpc) is 3.12. The lowest BCUT2D eigenvalue weighted by Crippen LogP contribution is -2.44. The highest BCUT2D eigenvalue weighted by Crippen LogP contribution is 2.15. The molecular formula is C20H31N7S. The zero-order chi connectivity index (χ0) is 19.8. The van der Waals surface area contributed by atoms with Gasteiger partial charge in [0.05, 0.1) is 17.2 Å². The number of nitrogens with zero attached hydrogens (tertiary/aromatic N) is 5. The summed E-state index contributed by atoms with van der Waals surface area (Å²) < 4.78 is 0. The summed E-state index contributed by atoms with van der Waals surface area (Å²) in [6.07, 6.45) is 2.79. The molecule has 0 aromatic carbocycles. The van der Waals surface area contributed by atoms with Crippen molar-refractivity contribution in [3.05, 3.63) is 40.0 Å². The molecule has 0 aliphatic carbocycles. The van der Waals surface area contributed by atoms with Crippen LogP contribution < -0.4 is 15.5 Å². The van der Waals surface area contributed by atoms with E-state index in [1.165, 1.54) is 5.56 Å². The number of guanidine groups is 1. The Morgan fingerprint density at radius 3 is 2.79 bits per heavy atom. The van der Waals surface area contributed by atoms with Crippen molar-refractivity contribution in [1.29, 1.82) is 0 Å². The third-order valence-electron chi connectivity index (χ3n) is 4.74. The number of aryl methyl sites for hydroxylation is 1. The van der Waals surface area contributed by atoms with Crippen LogP contribution in [-0.2, 0) is 13.0 Å². The Morgan fingerprint density at radius 1 is 1.25 bits per heavy atom. The van der Waals surface area contributed by atoms with Crippen molar-refractivity contribution in [2.24, 2.45) is 4.99 Å². The van der Waals surface area contributed by atoms with Gasteiger partial charge in [-0.15, -0.1) is 11.3 Å². The van der Waals surface area contributed by atoms with Crippen LogP contribution in [0.15, 0.2) is 28.7 Å². The Hall–Kier alpha value is -2.19. The third kappa shape index (κ3) is 6.17. The number of thiazole rings is 1. The van der Waals surface area contributed by atoms with Crippen molar-refractivity contribution in [2.45, 2.75) is 26.8 Å². The van der Waals surface area contributed by atoms with Crippen molar-refractivity contribution in [1.82, 2.24) is 25.5 Å². The van der Waals surface area contributed by atoms with E-state index in [2.05, 4.69) is 55.8 Å². The van der Waals surface area contributed by atoms with Gasteiger partial charge in [-0.25, -0.2) is 15.0 Å². The summed E-state index contributed by atoms with van der Waals surface area (Å²) in [4.78, 5) is 18.5. The number of piperazine rings is 1. The van der Waals surface area contributed by atoms with Gasteiger partial charge in [0.25, 0.3) is 0 Å². The van der Waals surface area contributed by atoms with Crippen molar-refractivity contribution >= 4 is 23.1 Å². The molecule has 2 N–H and O–H groups in total. The first kappa shape index (κ1) is 20.5. The van der Waals surface area contributed by atoms with E-state index in [9.17, 15) is 0 Å². The predicted octanol–water partition coefficient (Wildman–Crippen LogP) is 1.90. The Labute approximate surface area is 171 Å². The maximum absolute atomic E-state index is 4.74. The molecule has 1 fully saturated rings. The molecule has 0 radical (unpaired) electrons. The summed E-state index contributed by atoms with van der Waals surface area (Å²) in [6.45, 7) is 10.6. The first-order valence-corrected chi connectivity index (χ1v) is 10.8. The number of hydrogen-bond donors (Lipinski definition) is 2. The Morgan fingerprint density at radius 2 is 2.07 bits per heavy atom. The normalized spacial score (nSPS) is 15.7. The first-order chi connectivity index (χ1) is 13.6. The van der Waals surface area contributed by atoms with Gasteiger partial charge in [0, 0.05) is 57.3 Å². The zero-order valence-corrected chi connectivity index (χ0v) is 17.9. The smallest absolute Gasteiger partial charge is 0.191 e. The summed E-state index contributed by atoms with van der Waals surface area (Å²) in [7, 11) is 2.17. The molecule has 0 unspecified atom stereocenters. The fourth-order valence-corrected chi connectivity index (χ4v) is 3.76. The van der Waals surface area contributed by atoms with E-state index in [0.717, 1.165) is 68.2 Å².